The fraction of sp³-hybridized carbons (Fsp3) is 0.611. The largest absolute Gasteiger partial charge is 0.389 e. The number of hydrogen-bond donors (Lipinski definition) is 1. The molecule has 2 aliphatic rings. The van der Waals surface area contributed by atoms with Gasteiger partial charge in [0.1, 0.15) is 11.8 Å². The van der Waals surface area contributed by atoms with E-state index in [1.165, 1.54) is 6.20 Å². The van der Waals surface area contributed by atoms with Gasteiger partial charge in [0.25, 0.3) is 5.91 Å². The molecule has 1 aromatic rings. The summed E-state index contributed by atoms with van der Waals surface area (Å²) < 4.78 is 5.40. The van der Waals surface area contributed by atoms with Crippen molar-refractivity contribution in [2.24, 2.45) is 11.8 Å². The van der Waals surface area contributed by atoms with Gasteiger partial charge in [0, 0.05) is 38.4 Å². The second kappa shape index (κ2) is 6.88. The second-order valence-electron chi connectivity index (χ2n) is 6.82. The number of carbonyl (C=O) groups is 1. The van der Waals surface area contributed by atoms with Crippen LogP contribution in [0.2, 0.25) is 0 Å². The van der Waals surface area contributed by atoms with Gasteiger partial charge in [-0.2, -0.15) is 5.26 Å². The summed E-state index contributed by atoms with van der Waals surface area (Å²) in [4.78, 5) is 18.4. The molecular weight excluding hydrogens is 306 g/mol. The third-order valence-corrected chi connectivity index (χ3v) is 5.47. The molecule has 0 saturated carbocycles. The average Bonchev–Trinajstić information content (AvgIpc) is 2.64. The fourth-order valence-corrected chi connectivity index (χ4v) is 3.90. The number of likely N-dealkylation sites (tertiary alicyclic amines) is 1. The van der Waals surface area contributed by atoms with E-state index in [9.17, 15) is 9.90 Å². The van der Waals surface area contributed by atoms with Crippen LogP contribution in [-0.4, -0.2) is 52.8 Å². The Morgan fingerprint density at radius 2 is 2.21 bits per heavy atom. The Morgan fingerprint density at radius 1 is 1.46 bits per heavy atom. The number of carbonyl (C=O) groups excluding carboxylic acids is 1. The van der Waals surface area contributed by atoms with Gasteiger partial charge in [-0.15, -0.1) is 0 Å². The Bertz CT molecular complexity index is 634. The molecule has 0 spiro atoms. The molecule has 2 fully saturated rings. The van der Waals surface area contributed by atoms with E-state index < -0.39 is 5.60 Å². The van der Waals surface area contributed by atoms with E-state index in [-0.39, 0.29) is 17.7 Å². The Balaban J connectivity index is 1.68. The van der Waals surface area contributed by atoms with E-state index in [0.29, 0.717) is 44.0 Å². The number of rotatable bonds is 2. The monoisotopic (exact) mass is 329 g/mol. The lowest BCUT2D eigenvalue weighted by molar-refractivity contribution is -0.125. The third kappa shape index (κ3) is 3.14. The molecule has 6 heteroatoms. The lowest BCUT2D eigenvalue weighted by Gasteiger charge is -2.48. The van der Waals surface area contributed by atoms with Gasteiger partial charge in [-0.05, 0) is 37.3 Å². The van der Waals surface area contributed by atoms with Crippen LogP contribution in [0.15, 0.2) is 18.3 Å². The number of aliphatic hydroxyl groups is 1. The minimum atomic E-state index is -0.719. The summed E-state index contributed by atoms with van der Waals surface area (Å²) in [6.45, 7) is 4.51. The maximum atomic E-state index is 12.6. The fourth-order valence-electron chi connectivity index (χ4n) is 3.90. The van der Waals surface area contributed by atoms with Crippen LogP contribution in [0.5, 0.6) is 0 Å². The van der Waals surface area contributed by atoms with Crippen LogP contribution in [0.3, 0.4) is 0 Å². The van der Waals surface area contributed by atoms with Crippen molar-refractivity contribution in [1.29, 1.82) is 5.26 Å². The first-order chi connectivity index (χ1) is 11.5. The van der Waals surface area contributed by atoms with Crippen LogP contribution < -0.4 is 0 Å². The summed E-state index contributed by atoms with van der Waals surface area (Å²) >= 11 is 0. The van der Waals surface area contributed by atoms with Crippen LogP contribution in [0.25, 0.3) is 0 Å². The van der Waals surface area contributed by atoms with Crippen molar-refractivity contribution in [2.75, 3.05) is 26.3 Å². The van der Waals surface area contributed by atoms with Crippen molar-refractivity contribution >= 4 is 5.91 Å². The Labute approximate surface area is 142 Å². The molecule has 3 heterocycles. The van der Waals surface area contributed by atoms with Crippen molar-refractivity contribution in [3.63, 3.8) is 0 Å². The Kier molecular flexibility index (Phi) is 4.83. The SMILES string of the molecule is C[C@@H]1CN(C(=O)c2ccc(C#N)nc2)CC[C@@]1(O)C1CCOCC1. The summed E-state index contributed by atoms with van der Waals surface area (Å²) in [5.41, 5.74) is 0.0638. The predicted molar refractivity (Wildman–Crippen MR) is 87.1 cm³/mol. The van der Waals surface area contributed by atoms with E-state index in [1.54, 1.807) is 17.0 Å². The molecule has 0 unspecified atom stereocenters. The molecule has 2 saturated heterocycles. The van der Waals surface area contributed by atoms with Crippen molar-refractivity contribution in [3.05, 3.63) is 29.6 Å². The number of hydrogen-bond acceptors (Lipinski definition) is 5. The van der Waals surface area contributed by atoms with Crippen molar-refractivity contribution in [1.82, 2.24) is 9.88 Å². The van der Waals surface area contributed by atoms with Crippen LogP contribution in [0.4, 0.5) is 0 Å². The number of nitrogens with zero attached hydrogens (tertiary/aromatic N) is 3. The number of aromatic nitrogens is 1. The second-order valence-corrected chi connectivity index (χ2v) is 6.82. The maximum absolute atomic E-state index is 12.6. The molecule has 0 radical (unpaired) electrons. The number of pyridine rings is 1. The van der Waals surface area contributed by atoms with Gasteiger partial charge in [-0.1, -0.05) is 6.92 Å². The topological polar surface area (TPSA) is 86.5 Å². The maximum Gasteiger partial charge on any atom is 0.255 e. The molecule has 0 aliphatic carbocycles. The highest BCUT2D eigenvalue weighted by Crippen LogP contribution is 2.39. The molecule has 128 valence electrons. The lowest BCUT2D eigenvalue weighted by Crippen LogP contribution is -2.56. The summed E-state index contributed by atoms with van der Waals surface area (Å²) in [6, 6.07) is 5.14. The molecule has 1 aromatic heterocycles. The van der Waals surface area contributed by atoms with Crippen molar-refractivity contribution in [3.8, 4) is 6.07 Å². The summed E-state index contributed by atoms with van der Waals surface area (Å²) in [5, 5.41) is 19.9. The van der Waals surface area contributed by atoms with Gasteiger partial charge in [-0.25, -0.2) is 4.98 Å². The van der Waals surface area contributed by atoms with E-state index >= 15 is 0 Å². The first-order valence-electron chi connectivity index (χ1n) is 8.50. The highest BCUT2D eigenvalue weighted by atomic mass is 16.5. The minimum Gasteiger partial charge on any atom is -0.389 e. The zero-order chi connectivity index (χ0) is 17.2. The standard InChI is InChI=1S/C18H23N3O3/c1-13-12-21(17(22)14-2-3-16(10-19)20-11-14)7-6-18(13,23)15-4-8-24-9-5-15/h2-3,11,13,15,23H,4-9,12H2,1H3/t13-,18+/m1/s1. The molecule has 2 aliphatic heterocycles. The molecule has 3 rings (SSSR count). The smallest absolute Gasteiger partial charge is 0.255 e. The molecule has 24 heavy (non-hydrogen) atoms. The van der Waals surface area contributed by atoms with Crippen LogP contribution in [0.1, 0.15) is 42.2 Å². The molecular formula is C18H23N3O3. The quantitative estimate of drug-likeness (QED) is 0.890. The number of amides is 1. The van der Waals surface area contributed by atoms with Crippen molar-refractivity contribution in [2.45, 2.75) is 31.8 Å². The highest BCUT2D eigenvalue weighted by Gasteiger charge is 2.46. The van der Waals surface area contributed by atoms with Gasteiger partial charge in [0.15, 0.2) is 0 Å². The van der Waals surface area contributed by atoms with E-state index in [0.717, 1.165) is 12.8 Å². The minimum absolute atomic E-state index is 0.0182. The lowest BCUT2D eigenvalue weighted by atomic mass is 9.70. The van der Waals surface area contributed by atoms with Gasteiger partial charge in [-0.3, -0.25) is 4.79 Å². The van der Waals surface area contributed by atoms with Crippen LogP contribution in [0, 0.1) is 23.2 Å². The van der Waals surface area contributed by atoms with Crippen molar-refractivity contribution < 1.29 is 14.6 Å². The first-order valence-corrected chi connectivity index (χ1v) is 8.50. The summed E-state index contributed by atoms with van der Waals surface area (Å²) in [6.07, 6.45) is 3.81. The van der Waals surface area contributed by atoms with E-state index in [1.807, 2.05) is 13.0 Å². The molecule has 0 bridgehead atoms. The first kappa shape index (κ1) is 16.9. The normalized spacial score (nSPS) is 28.4. The van der Waals surface area contributed by atoms with E-state index in [2.05, 4.69) is 4.98 Å². The van der Waals surface area contributed by atoms with Crippen LogP contribution >= 0.6 is 0 Å². The number of nitriles is 1. The average molecular weight is 329 g/mol. The zero-order valence-electron chi connectivity index (χ0n) is 13.9. The molecule has 0 aromatic carbocycles. The molecule has 1 amide bonds. The van der Waals surface area contributed by atoms with Gasteiger partial charge in [0.2, 0.25) is 0 Å². The Morgan fingerprint density at radius 3 is 2.79 bits per heavy atom. The highest BCUT2D eigenvalue weighted by molar-refractivity contribution is 5.94. The van der Waals surface area contributed by atoms with Gasteiger partial charge >= 0.3 is 0 Å². The predicted octanol–water partition coefficient (Wildman–Crippen LogP) is 1.59. The Hall–Kier alpha value is -1.97. The number of ether oxygens (including phenoxy) is 1. The summed E-state index contributed by atoms with van der Waals surface area (Å²) in [7, 11) is 0. The van der Waals surface area contributed by atoms with Crippen LogP contribution in [-0.2, 0) is 4.74 Å². The number of piperidine rings is 1. The van der Waals surface area contributed by atoms with Gasteiger partial charge in [0.05, 0.1) is 11.2 Å². The molecule has 2 atom stereocenters. The molecule has 1 N–H and O–H groups in total. The summed E-state index contributed by atoms with van der Waals surface area (Å²) in [5.74, 6) is 0.174. The van der Waals surface area contributed by atoms with Gasteiger partial charge < -0.3 is 14.7 Å². The zero-order valence-corrected chi connectivity index (χ0v) is 13.9. The van der Waals surface area contributed by atoms with E-state index in [4.69, 9.17) is 10.00 Å². The molecule has 6 nitrogen and oxygen atoms in total. The third-order valence-electron chi connectivity index (χ3n) is 5.47.